The number of rotatable bonds is 3. The maximum absolute atomic E-state index is 12.6. The van der Waals surface area contributed by atoms with Gasteiger partial charge in [0.05, 0.1) is 0 Å². The predicted molar refractivity (Wildman–Crippen MR) is 83.8 cm³/mol. The van der Waals surface area contributed by atoms with Gasteiger partial charge in [-0.2, -0.15) is 0 Å². The van der Waals surface area contributed by atoms with Gasteiger partial charge in [0, 0.05) is 0 Å². The molecule has 0 aromatic carbocycles. The van der Waals surface area contributed by atoms with E-state index in [4.69, 9.17) is 4.74 Å². The van der Waals surface area contributed by atoms with Crippen molar-refractivity contribution in [2.45, 2.75) is 71.4 Å². The molecule has 1 N–H and O–H groups in total. The fraction of sp³-hybridized carbons (Fsp3) is 0.944. The summed E-state index contributed by atoms with van der Waals surface area (Å²) in [5.41, 5.74) is 0. The summed E-state index contributed by atoms with van der Waals surface area (Å²) in [6, 6.07) is -0.0254. The molecule has 1 heterocycles. The lowest BCUT2D eigenvalue weighted by molar-refractivity contribution is -0.159. The molecule has 3 heteroatoms. The highest BCUT2D eigenvalue weighted by molar-refractivity contribution is 5.77. The Balaban J connectivity index is 1.62. The van der Waals surface area contributed by atoms with Gasteiger partial charge in [-0.25, -0.2) is 0 Å². The van der Waals surface area contributed by atoms with Crippen LogP contribution in [0, 0.1) is 29.6 Å². The Morgan fingerprint density at radius 1 is 1.19 bits per heavy atom. The molecule has 120 valence electrons. The number of esters is 1. The first-order valence-electron chi connectivity index (χ1n) is 9.00. The summed E-state index contributed by atoms with van der Waals surface area (Å²) < 4.78 is 6.03. The molecular weight excluding hydrogens is 262 g/mol. The van der Waals surface area contributed by atoms with Crippen molar-refractivity contribution in [2.75, 3.05) is 6.54 Å². The van der Waals surface area contributed by atoms with E-state index in [-0.39, 0.29) is 18.1 Å². The third-order valence-electron chi connectivity index (χ3n) is 6.23. The summed E-state index contributed by atoms with van der Waals surface area (Å²) in [4.78, 5) is 12.6. The van der Waals surface area contributed by atoms with Crippen LogP contribution < -0.4 is 5.32 Å². The molecule has 0 aromatic rings. The van der Waals surface area contributed by atoms with Crippen molar-refractivity contribution in [1.29, 1.82) is 0 Å². The van der Waals surface area contributed by atoms with Gasteiger partial charge in [-0.05, 0) is 61.8 Å². The van der Waals surface area contributed by atoms with Gasteiger partial charge in [0.15, 0.2) is 0 Å². The van der Waals surface area contributed by atoms with Crippen LogP contribution in [0.25, 0.3) is 0 Å². The van der Waals surface area contributed by atoms with Crippen molar-refractivity contribution in [1.82, 2.24) is 5.32 Å². The molecule has 3 fully saturated rings. The molecule has 3 nitrogen and oxygen atoms in total. The van der Waals surface area contributed by atoms with Crippen LogP contribution in [0.4, 0.5) is 0 Å². The van der Waals surface area contributed by atoms with Gasteiger partial charge in [0.2, 0.25) is 0 Å². The summed E-state index contributed by atoms with van der Waals surface area (Å²) in [6.45, 7) is 7.84. The number of fused-ring (bicyclic) bond motifs is 1. The normalized spacial score (nSPS) is 43.0. The molecule has 1 saturated heterocycles. The maximum atomic E-state index is 12.6. The highest BCUT2D eigenvalue weighted by atomic mass is 16.5. The second kappa shape index (κ2) is 6.28. The fourth-order valence-electron chi connectivity index (χ4n) is 4.92. The van der Waals surface area contributed by atoms with Crippen LogP contribution in [0.3, 0.4) is 0 Å². The van der Waals surface area contributed by atoms with Gasteiger partial charge < -0.3 is 10.1 Å². The Bertz CT molecular complexity index is 381. The summed E-state index contributed by atoms with van der Waals surface area (Å²) in [6.07, 6.45) is 7.46. The number of carbonyl (C=O) groups is 1. The first kappa shape index (κ1) is 15.3. The zero-order valence-corrected chi connectivity index (χ0v) is 13.8. The molecule has 0 spiro atoms. The van der Waals surface area contributed by atoms with Crippen LogP contribution in [-0.2, 0) is 9.53 Å². The second-order valence-corrected chi connectivity index (χ2v) is 8.04. The van der Waals surface area contributed by atoms with Gasteiger partial charge in [-0.1, -0.05) is 33.6 Å². The average molecular weight is 293 g/mol. The monoisotopic (exact) mass is 293 g/mol. The van der Waals surface area contributed by atoms with E-state index >= 15 is 0 Å². The molecule has 6 unspecified atom stereocenters. The van der Waals surface area contributed by atoms with Crippen molar-refractivity contribution < 1.29 is 9.53 Å². The zero-order valence-electron chi connectivity index (χ0n) is 13.8. The van der Waals surface area contributed by atoms with E-state index < -0.39 is 0 Å². The number of hydrogen-bond acceptors (Lipinski definition) is 3. The molecule has 0 amide bonds. The van der Waals surface area contributed by atoms with Crippen molar-refractivity contribution >= 4 is 5.97 Å². The van der Waals surface area contributed by atoms with Gasteiger partial charge in [0.25, 0.3) is 0 Å². The summed E-state index contributed by atoms with van der Waals surface area (Å²) in [5, 5.41) is 3.43. The third-order valence-corrected chi connectivity index (χ3v) is 6.23. The summed E-state index contributed by atoms with van der Waals surface area (Å²) >= 11 is 0. The standard InChI is InChI=1S/C18H31NO2/c1-11(2)14-8-7-12(3)9-16(14)21-18(20)17-15-6-4-5-13(15)10-19-17/h11-17,19H,4-10H2,1-3H3. The van der Waals surface area contributed by atoms with Crippen LogP contribution in [-0.4, -0.2) is 24.7 Å². The molecule has 2 aliphatic carbocycles. The van der Waals surface area contributed by atoms with Gasteiger partial charge in [-0.15, -0.1) is 0 Å². The van der Waals surface area contributed by atoms with E-state index in [0.717, 1.165) is 13.0 Å². The Labute approximate surface area is 129 Å². The fourth-order valence-corrected chi connectivity index (χ4v) is 4.92. The van der Waals surface area contributed by atoms with Crippen molar-refractivity contribution in [2.24, 2.45) is 29.6 Å². The van der Waals surface area contributed by atoms with Crippen molar-refractivity contribution in [3.8, 4) is 0 Å². The molecule has 21 heavy (non-hydrogen) atoms. The first-order valence-corrected chi connectivity index (χ1v) is 9.00. The SMILES string of the molecule is CC1CCC(C(C)C)C(OC(=O)C2NCC3CCCC32)C1. The topological polar surface area (TPSA) is 38.3 Å². The van der Waals surface area contributed by atoms with E-state index in [1.54, 1.807) is 0 Å². The lowest BCUT2D eigenvalue weighted by atomic mass is 9.75. The van der Waals surface area contributed by atoms with Crippen molar-refractivity contribution in [3.05, 3.63) is 0 Å². The first-order chi connectivity index (χ1) is 10.1. The van der Waals surface area contributed by atoms with Gasteiger partial charge in [0.1, 0.15) is 12.1 Å². The highest BCUT2D eigenvalue weighted by Crippen LogP contribution is 2.39. The number of nitrogens with one attached hydrogen (secondary N) is 1. The quantitative estimate of drug-likeness (QED) is 0.811. The maximum Gasteiger partial charge on any atom is 0.323 e. The lowest BCUT2D eigenvalue weighted by Gasteiger charge is -2.37. The van der Waals surface area contributed by atoms with Crippen LogP contribution in [0.5, 0.6) is 0 Å². The molecule has 2 saturated carbocycles. The Morgan fingerprint density at radius 3 is 2.76 bits per heavy atom. The lowest BCUT2D eigenvalue weighted by Crippen LogP contribution is -2.43. The smallest absolute Gasteiger partial charge is 0.323 e. The molecule has 1 aliphatic heterocycles. The van der Waals surface area contributed by atoms with Crippen LogP contribution in [0.2, 0.25) is 0 Å². The average Bonchev–Trinajstić information content (AvgIpc) is 3.00. The number of hydrogen-bond donors (Lipinski definition) is 1. The number of ether oxygens (including phenoxy) is 1. The van der Waals surface area contributed by atoms with Crippen LogP contribution in [0.15, 0.2) is 0 Å². The van der Waals surface area contributed by atoms with Gasteiger partial charge >= 0.3 is 5.97 Å². The zero-order chi connectivity index (χ0) is 15.0. The summed E-state index contributed by atoms with van der Waals surface area (Å²) in [5.74, 6) is 3.13. The van der Waals surface area contributed by atoms with E-state index in [9.17, 15) is 4.79 Å². The largest absolute Gasteiger partial charge is 0.461 e. The van der Waals surface area contributed by atoms with Crippen molar-refractivity contribution in [3.63, 3.8) is 0 Å². The van der Waals surface area contributed by atoms with E-state index in [1.807, 2.05) is 0 Å². The van der Waals surface area contributed by atoms with Crippen LogP contribution in [0.1, 0.15) is 59.3 Å². The van der Waals surface area contributed by atoms with E-state index in [2.05, 4.69) is 26.1 Å². The minimum absolute atomic E-state index is 0.0254. The van der Waals surface area contributed by atoms with E-state index in [0.29, 0.717) is 29.6 Å². The Hall–Kier alpha value is -0.570. The molecule has 6 atom stereocenters. The minimum atomic E-state index is -0.0254. The van der Waals surface area contributed by atoms with E-state index in [1.165, 1.54) is 32.1 Å². The van der Waals surface area contributed by atoms with Crippen LogP contribution >= 0.6 is 0 Å². The molecule has 3 aliphatic rings. The summed E-state index contributed by atoms with van der Waals surface area (Å²) in [7, 11) is 0. The predicted octanol–water partition coefficient (Wildman–Crippen LogP) is 3.38. The molecule has 0 aromatic heterocycles. The number of carbonyl (C=O) groups excluding carboxylic acids is 1. The molecule has 0 radical (unpaired) electrons. The molecule has 3 rings (SSSR count). The third kappa shape index (κ3) is 3.13. The Morgan fingerprint density at radius 2 is 2.00 bits per heavy atom. The molecular formula is C18H31NO2. The minimum Gasteiger partial charge on any atom is -0.461 e. The van der Waals surface area contributed by atoms with Gasteiger partial charge in [-0.3, -0.25) is 4.79 Å². The highest BCUT2D eigenvalue weighted by Gasteiger charge is 2.44. The second-order valence-electron chi connectivity index (χ2n) is 8.04. The molecule has 0 bridgehead atoms. The Kier molecular flexibility index (Phi) is 4.58.